The van der Waals surface area contributed by atoms with Crippen molar-refractivity contribution in [2.45, 2.75) is 81.3 Å². The first-order valence-corrected chi connectivity index (χ1v) is 12.3. The molecule has 7 nitrogen and oxygen atoms in total. The van der Waals surface area contributed by atoms with Crippen LogP contribution < -0.4 is 10.6 Å². The molecule has 3 amide bonds. The topological polar surface area (TPSA) is 87.7 Å². The predicted molar refractivity (Wildman–Crippen MR) is 121 cm³/mol. The third kappa shape index (κ3) is 3.15. The number of rotatable bonds is 6. The van der Waals surface area contributed by atoms with Gasteiger partial charge in [0.25, 0.3) is 0 Å². The molecule has 2 N–H and O–H groups in total. The Hall–Kier alpha value is -2.67. The Morgan fingerprint density at radius 2 is 1.79 bits per heavy atom. The third-order valence-electron chi connectivity index (χ3n) is 8.22. The monoisotopic (exact) mass is 449 g/mol. The Bertz CT molecular complexity index is 1020. The number of nitrogens with zero attached hydrogens (tertiary/aromatic N) is 1. The average molecular weight is 450 g/mol. The van der Waals surface area contributed by atoms with Gasteiger partial charge in [0, 0.05) is 18.6 Å². The Labute approximate surface area is 193 Å². The Morgan fingerprint density at radius 1 is 1.06 bits per heavy atom. The average Bonchev–Trinajstić information content (AvgIpc) is 3.17. The van der Waals surface area contributed by atoms with Crippen LogP contribution in [0, 0.1) is 11.8 Å². The maximum absolute atomic E-state index is 13.8. The fourth-order valence-electron chi connectivity index (χ4n) is 6.56. The number of carbonyl (C=O) groups excluding carboxylic acids is 3. The van der Waals surface area contributed by atoms with Crippen LogP contribution in [0.5, 0.6) is 0 Å². The number of benzene rings is 1. The second-order valence-corrected chi connectivity index (χ2v) is 10.5. The highest BCUT2D eigenvalue weighted by molar-refractivity contribution is 6.00. The van der Waals surface area contributed by atoms with Gasteiger partial charge in [0.15, 0.2) is 0 Å². The number of carbonyl (C=O) groups is 3. The van der Waals surface area contributed by atoms with E-state index in [1.54, 1.807) is 4.90 Å². The predicted octanol–water partition coefficient (Wildman–Crippen LogP) is 2.06. The lowest BCUT2D eigenvalue weighted by Gasteiger charge is -2.33. The van der Waals surface area contributed by atoms with Gasteiger partial charge < -0.3 is 20.3 Å². The first-order chi connectivity index (χ1) is 15.9. The zero-order valence-corrected chi connectivity index (χ0v) is 19.0. The quantitative estimate of drug-likeness (QED) is 0.651. The van der Waals surface area contributed by atoms with Crippen molar-refractivity contribution in [3.8, 4) is 0 Å². The van der Waals surface area contributed by atoms with Gasteiger partial charge in [-0.25, -0.2) is 0 Å². The fourth-order valence-corrected chi connectivity index (χ4v) is 6.56. The highest BCUT2D eigenvalue weighted by atomic mass is 16.5. The van der Waals surface area contributed by atoms with E-state index in [0.717, 1.165) is 44.1 Å². The largest absolute Gasteiger partial charge is 0.356 e. The number of hydrogen-bond acceptors (Lipinski definition) is 4. The van der Waals surface area contributed by atoms with Crippen LogP contribution in [0.1, 0.15) is 51.0 Å². The Kier molecular flexibility index (Phi) is 4.70. The van der Waals surface area contributed by atoms with E-state index in [0.29, 0.717) is 6.54 Å². The first-order valence-electron chi connectivity index (χ1n) is 12.3. The molecule has 1 aromatic rings. The molecule has 2 saturated carbocycles. The summed E-state index contributed by atoms with van der Waals surface area (Å²) in [6, 6.07) is 9.23. The van der Waals surface area contributed by atoms with Crippen LogP contribution in [-0.2, 0) is 25.7 Å². The van der Waals surface area contributed by atoms with Gasteiger partial charge >= 0.3 is 0 Å². The van der Waals surface area contributed by atoms with E-state index in [1.165, 1.54) is 0 Å². The molecule has 0 unspecified atom stereocenters. The number of nitrogens with one attached hydrogen (secondary N) is 2. The summed E-state index contributed by atoms with van der Waals surface area (Å²) in [6.07, 6.45) is 9.78. The number of likely N-dealkylation sites (tertiary alicyclic amines) is 1. The minimum absolute atomic E-state index is 0.0636. The summed E-state index contributed by atoms with van der Waals surface area (Å²) < 4.78 is 6.54. The van der Waals surface area contributed by atoms with Crippen LogP contribution in [0.15, 0.2) is 42.5 Å². The molecule has 5 atom stereocenters. The summed E-state index contributed by atoms with van der Waals surface area (Å²) in [5.74, 6) is -1.79. The molecule has 6 rings (SSSR count). The fraction of sp³-hybridized carbons (Fsp3) is 0.577. The van der Waals surface area contributed by atoms with Crippen LogP contribution in [0.25, 0.3) is 0 Å². The van der Waals surface area contributed by atoms with Crippen LogP contribution >= 0.6 is 0 Å². The Morgan fingerprint density at radius 3 is 2.48 bits per heavy atom. The minimum Gasteiger partial charge on any atom is -0.356 e. The van der Waals surface area contributed by atoms with Gasteiger partial charge in [-0.1, -0.05) is 55.3 Å². The zero-order valence-electron chi connectivity index (χ0n) is 19.0. The van der Waals surface area contributed by atoms with Gasteiger partial charge in [0.05, 0.1) is 17.4 Å². The van der Waals surface area contributed by atoms with Gasteiger partial charge in [0.2, 0.25) is 17.7 Å². The van der Waals surface area contributed by atoms with Crippen molar-refractivity contribution in [3.63, 3.8) is 0 Å². The lowest BCUT2D eigenvalue weighted by atomic mass is 9.70. The summed E-state index contributed by atoms with van der Waals surface area (Å²) in [5, 5.41) is 6.22. The molecule has 4 fully saturated rings. The molecule has 0 radical (unpaired) electrons. The molecule has 174 valence electrons. The van der Waals surface area contributed by atoms with E-state index < -0.39 is 29.1 Å². The minimum atomic E-state index is -1.08. The van der Waals surface area contributed by atoms with Gasteiger partial charge in [-0.3, -0.25) is 14.4 Å². The van der Waals surface area contributed by atoms with E-state index >= 15 is 0 Å². The van der Waals surface area contributed by atoms with Crippen molar-refractivity contribution in [1.82, 2.24) is 15.5 Å². The van der Waals surface area contributed by atoms with Gasteiger partial charge in [-0.15, -0.1) is 0 Å². The molecule has 7 heteroatoms. The lowest BCUT2D eigenvalue weighted by Crippen LogP contribution is -2.56. The second-order valence-electron chi connectivity index (χ2n) is 10.5. The van der Waals surface area contributed by atoms with Crippen molar-refractivity contribution >= 4 is 17.7 Å². The second kappa shape index (κ2) is 7.42. The normalized spacial score (nSPS) is 36.9. The molecule has 1 aromatic carbocycles. The van der Waals surface area contributed by atoms with Crippen molar-refractivity contribution in [3.05, 3.63) is 48.0 Å². The Balaban J connectivity index is 1.30. The van der Waals surface area contributed by atoms with Crippen LogP contribution in [0.3, 0.4) is 0 Å². The van der Waals surface area contributed by atoms with E-state index in [9.17, 15) is 14.4 Å². The highest BCUT2D eigenvalue weighted by Crippen LogP contribution is 2.61. The van der Waals surface area contributed by atoms with Crippen LogP contribution in [0.2, 0.25) is 0 Å². The van der Waals surface area contributed by atoms with Gasteiger partial charge in [-0.2, -0.15) is 0 Å². The number of ether oxygens (including phenoxy) is 1. The molecule has 2 saturated heterocycles. The summed E-state index contributed by atoms with van der Waals surface area (Å²) in [6.45, 7) is 2.26. The van der Waals surface area contributed by atoms with E-state index in [-0.39, 0.29) is 29.8 Å². The van der Waals surface area contributed by atoms with E-state index in [2.05, 4.69) is 10.6 Å². The number of fused-ring (bicyclic) bond motifs is 1. The molecule has 2 bridgehead atoms. The molecule has 33 heavy (non-hydrogen) atoms. The van der Waals surface area contributed by atoms with Gasteiger partial charge in [-0.05, 0) is 38.2 Å². The summed E-state index contributed by atoms with van der Waals surface area (Å²) in [4.78, 5) is 42.6. The van der Waals surface area contributed by atoms with Crippen LogP contribution in [-0.4, -0.2) is 51.9 Å². The highest BCUT2D eigenvalue weighted by Gasteiger charge is 2.77. The van der Waals surface area contributed by atoms with Crippen molar-refractivity contribution in [2.24, 2.45) is 11.8 Å². The lowest BCUT2D eigenvalue weighted by molar-refractivity contribution is -0.145. The molecule has 3 heterocycles. The molecule has 3 aliphatic heterocycles. The maximum Gasteiger partial charge on any atom is 0.246 e. The summed E-state index contributed by atoms with van der Waals surface area (Å²) >= 11 is 0. The van der Waals surface area contributed by atoms with E-state index in [1.807, 2.05) is 49.4 Å². The van der Waals surface area contributed by atoms with E-state index in [4.69, 9.17) is 4.74 Å². The summed E-state index contributed by atoms with van der Waals surface area (Å²) in [7, 11) is 0. The smallest absolute Gasteiger partial charge is 0.246 e. The standard InChI is InChI=1S/C26H31N3O4/c1-25-13-14-26(33-25)20(19(25)22(30)27-15-16-7-3-2-4-8-16)24(32)29(18-11-12-18)21(26)23(31)28-17-9-5-6-10-17/h2-4,7-8,13-14,17-21H,5-6,9-12,15H2,1H3,(H,27,30)(H,28,31)/t19-,20-,21-,25-,26+/m0/s1. The molecule has 5 aliphatic rings. The zero-order chi connectivity index (χ0) is 22.8. The van der Waals surface area contributed by atoms with Crippen LogP contribution in [0.4, 0.5) is 0 Å². The SMILES string of the molecule is C[C@@]12C=C[C@@]3(O1)[C@H](C(=O)N(C1CC1)[C@H]3C(=O)NC1CCCC1)[C@H]2C(=O)NCc1ccccc1. The van der Waals surface area contributed by atoms with Crippen molar-refractivity contribution in [2.75, 3.05) is 0 Å². The van der Waals surface area contributed by atoms with Gasteiger partial charge in [0.1, 0.15) is 11.6 Å². The molecule has 1 spiro atoms. The molecule has 0 aromatic heterocycles. The maximum atomic E-state index is 13.8. The molecular formula is C26H31N3O4. The first kappa shape index (κ1) is 20.9. The molecular weight excluding hydrogens is 418 g/mol. The number of hydrogen-bond donors (Lipinski definition) is 2. The van der Waals surface area contributed by atoms with Crippen molar-refractivity contribution in [1.29, 1.82) is 0 Å². The van der Waals surface area contributed by atoms with Crippen molar-refractivity contribution < 1.29 is 19.1 Å². The molecule has 2 aliphatic carbocycles. The summed E-state index contributed by atoms with van der Waals surface area (Å²) in [5.41, 5.74) is -0.981. The number of amides is 3. The third-order valence-corrected chi connectivity index (χ3v) is 8.22.